The molecule has 120 valence electrons. The van der Waals surface area contributed by atoms with Gasteiger partial charge in [0.1, 0.15) is 5.41 Å². The number of hydrogen-bond donors (Lipinski definition) is 1. The Bertz CT molecular complexity index is 586. The minimum absolute atomic E-state index is 0.114. The molecule has 2 amide bonds. The lowest BCUT2D eigenvalue weighted by Gasteiger charge is -2.23. The zero-order valence-electron chi connectivity index (χ0n) is 12.8. The van der Waals surface area contributed by atoms with E-state index in [2.05, 4.69) is 12.2 Å². The number of rotatable bonds is 6. The Morgan fingerprint density at radius 2 is 2.00 bits per heavy atom. The summed E-state index contributed by atoms with van der Waals surface area (Å²) >= 11 is 12.0. The van der Waals surface area contributed by atoms with E-state index in [1.807, 2.05) is 0 Å². The van der Waals surface area contributed by atoms with E-state index in [0.29, 0.717) is 35.1 Å². The van der Waals surface area contributed by atoms with Gasteiger partial charge in [-0.1, -0.05) is 42.6 Å². The van der Waals surface area contributed by atoms with E-state index in [0.717, 1.165) is 12.8 Å². The van der Waals surface area contributed by atoms with E-state index in [1.54, 1.807) is 30.1 Å². The van der Waals surface area contributed by atoms with E-state index in [9.17, 15) is 9.59 Å². The standard InChI is InChI=1S/C16H20Cl2N2O2/c1-3-4-10-20(2)15(22)16(8-9-16)14(21)19-12-7-5-6-11(17)13(12)18/h5-7H,3-4,8-10H2,1-2H3,(H,19,21). The fourth-order valence-corrected chi connectivity index (χ4v) is 2.72. The highest BCUT2D eigenvalue weighted by molar-refractivity contribution is 6.44. The number of amides is 2. The molecule has 0 unspecified atom stereocenters. The molecular formula is C16H20Cl2N2O2. The van der Waals surface area contributed by atoms with Crippen LogP contribution in [0.5, 0.6) is 0 Å². The minimum Gasteiger partial charge on any atom is -0.345 e. The van der Waals surface area contributed by atoms with E-state index < -0.39 is 5.41 Å². The fraction of sp³-hybridized carbons (Fsp3) is 0.500. The van der Waals surface area contributed by atoms with Crippen molar-refractivity contribution >= 4 is 40.7 Å². The molecule has 22 heavy (non-hydrogen) atoms. The van der Waals surface area contributed by atoms with Crippen molar-refractivity contribution in [3.05, 3.63) is 28.2 Å². The Morgan fingerprint density at radius 3 is 2.59 bits per heavy atom. The van der Waals surface area contributed by atoms with E-state index in [-0.39, 0.29) is 11.8 Å². The van der Waals surface area contributed by atoms with Crippen molar-refractivity contribution in [3.8, 4) is 0 Å². The number of nitrogens with one attached hydrogen (secondary N) is 1. The first-order chi connectivity index (χ1) is 10.4. The van der Waals surface area contributed by atoms with Gasteiger partial charge in [0, 0.05) is 13.6 Å². The van der Waals surface area contributed by atoms with Crippen LogP contribution < -0.4 is 5.32 Å². The molecule has 1 N–H and O–H groups in total. The lowest BCUT2D eigenvalue weighted by atomic mass is 10.0. The second-order valence-corrected chi connectivity index (χ2v) is 6.50. The van der Waals surface area contributed by atoms with E-state index in [1.165, 1.54) is 0 Å². The summed E-state index contributed by atoms with van der Waals surface area (Å²) < 4.78 is 0. The lowest BCUT2D eigenvalue weighted by molar-refractivity contribution is -0.141. The third kappa shape index (κ3) is 3.39. The summed E-state index contributed by atoms with van der Waals surface area (Å²) in [6, 6.07) is 5.03. The molecule has 0 aromatic heterocycles. The first-order valence-electron chi connectivity index (χ1n) is 7.43. The second kappa shape index (κ2) is 6.88. The van der Waals surface area contributed by atoms with Gasteiger partial charge >= 0.3 is 0 Å². The highest BCUT2D eigenvalue weighted by Gasteiger charge is 2.57. The highest BCUT2D eigenvalue weighted by Crippen LogP contribution is 2.48. The zero-order valence-corrected chi connectivity index (χ0v) is 14.3. The van der Waals surface area contributed by atoms with Gasteiger partial charge in [-0.15, -0.1) is 0 Å². The lowest BCUT2D eigenvalue weighted by Crippen LogP contribution is -2.41. The Hall–Kier alpha value is -1.26. The summed E-state index contributed by atoms with van der Waals surface area (Å²) in [7, 11) is 1.75. The smallest absolute Gasteiger partial charge is 0.240 e. The molecule has 0 atom stereocenters. The van der Waals surface area contributed by atoms with Crippen molar-refractivity contribution in [2.45, 2.75) is 32.6 Å². The van der Waals surface area contributed by atoms with Gasteiger partial charge in [-0.25, -0.2) is 0 Å². The molecule has 0 radical (unpaired) electrons. The Labute approximate surface area is 140 Å². The van der Waals surface area contributed by atoms with Crippen LogP contribution in [0.15, 0.2) is 18.2 Å². The summed E-state index contributed by atoms with van der Waals surface area (Å²) in [6.07, 6.45) is 3.09. The average Bonchev–Trinajstić information content (AvgIpc) is 3.30. The number of unbranched alkanes of at least 4 members (excludes halogenated alkanes) is 1. The molecule has 0 spiro atoms. The highest BCUT2D eigenvalue weighted by atomic mass is 35.5. The SMILES string of the molecule is CCCCN(C)C(=O)C1(C(=O)Nc2cccc(Cl)c2Cl)CC1. The largest absolute Gasteiger partial charge is 0.345 e. The van der Waals surface area contributed by atoms with Crippen LogP contribution in [0.4, 0.5) is 5.69 Å². The second-order valence-electron chi connectivity index (χ2n) is 5.72. The van der Waals surface area contributed by atoms with Crippen molar-refractivity contribution in [3.63, 3.8) is 0 Å². The predicted octanol–water partition coefficient (Wildman–Crippen LogP) is 3.97. The van der Waals surface area contributed by atoms with Gasteiger partial charge < -0.3 is 10.2 Å². The van der Waals surface area contributed by atoms with Crippen LogP contribution in [0, 0.1) is 5.41 Å². The number of carbonyl (C=O) groups excluding carboxylic acids is 2. The minimum atomic E-state index is -0.936. The topological polar surface area (TPSA) is 49.4 Å². The zero-order chi connectivity index (χ0) is 16.3. The van der Waals surface area contributed by atoms with Gasteiger partial charge in [-0.3, -0.25) is 9.59 Å². The first kappa shape index (κ1) is 17.1. The van der Waals surface area contributed by atoms with Crippen molar-refractivity contribution in [1.82, 2.24) is 4.90 Å². The number of hydrogen-bond acceptors (Lipinski definition) is 2. The molecular weight excluding hydrogens is 323 g/mol. The summed E-state index contributed by atoms with van der Waals surface area (Å²) in [5.74, 6) is -0.415. The number of nitrogens with zero attached hydrogens (tertiary/aromatic N) is 1. The number of anilines is 1. The summed E-state index contributed by atoms with van der Waals surface area (Å²) in [4.78, 5) is 26.7. The number of carbonyl (C=O) groups is 2. The van der Waals surface area contributed by atoms with E-state index >= 15 is 0 Å². The van der Waals surface area contributed by atoms with Gasteiger partial charge in [0.15, 0.2) is 0 Å². The first-order valence-corrected chi connectivity index (χ1v) is 8.19. The van der Waals surface area contributed by atoms with Crippen molar-refractivity contribution < 1.29 is 9.59 Å². The third-order valence-corrected chi connectivity index (χ3v) is 4.81. The van der Waals surface area contributed by atoms with Crippen LogP contribution in [0.2, 0.25) is 10.0 Å². The molecule has 1 fully saturated rings. The normalized spacial score (nSPS) is 15.3. The van der Waals surface area contributed by atoms with Crippen molar-refractivity contribution in [1.29, 1.82) is 0 Å². The quantitative estimate of drug-likeness (QED) is 0.795. The number of halogens is 2. The molecule has 2 rings (SSSR count). The summed E-state index contributed by atoms with van der Waals surface area (Å²) in [5, 5.41) is 3.41. The van der Waals surface area contributed by atoms with E-state index in [4.69, 9.17) is 23.2 Å². The Morgan fingerprint density at radius 1 is 1.32 bits per heavy atom. The molecule has 1 aromatic rings. The molecule has 0 saturated heterocycles. The summed E-state index contributed by atoms with van der Waals surface area (Å²) in [6.45, 7) is 2.74. The maximum Gasteiger partial charge on any atom is 0.240 e. The van der Waals surface area contributed by atoms with Gasteiger partial charge in [-0.05, 0) is 31.4 Å². The van der Waals surface area contributed by atoms with Crippen molar-refractivity contribution in [2.24, 2.45) is 5.41 Å². The average molecular weight is 343 g/mol. The molecule has 1 aliphatic carbocycles. The molecule has 6 heteroatoms. The fourth-order valence-electron chi connectivity index (χ4n) is 2.37. The summed E-state index contributed by atoms with van der Waals surface area (Å²) in [5.41, 5.74) is -0.497. The molecule has 1 saturated carbocycles. The third-order valence-electron chi connectivity index (χ3n) is 3.99. The molecule has 1 aliphatic rings. The van der Waals surface area contributed by atoms with Gasteiger partial charge in [0.2, 0.25) is 11.8 Å². The van der Waals surface area contributed by atoms with Crippen LogP contribution in [0.25, 0.3) is 0 Å². The Kier molecular flexibility index (Phi) is 5.35. The molecule has 0 bridgehead atoms. The van der Waals surface area contributed by atoms with Crippen LogP contribution in [0.1, 0.15) is 32.6 Å². The molecule has 4 nitrogen and oxygen atoms in total. The Balaban J connectivity index is 2.08. The predicted molar refractivity (Wildman–Crippen MR) is 89.3 cm³/mol. The van der Waals surface area contributed by atoms with Crippen LogP contribution >= 0.6 is 23.2 Å². The molecule has 0 aliphatic heterocycles. The number of benzene rings is 1. The maximum atomic E-state index is 12.5. The molecule has 1 aromatic carbocycles. The van der Waals surface area contributed by atoms with Gasteiger partial charge in [0.25, 0.3) is 0 Å². The van der Waals surface area contributed by atoms with Crippen LogP contribution in [-0.4, -0.2) is 30.3 Å². The van der Waals surface area contributed by atoms with Crippen molar-refractivity contribution in [2.75, 3.05) is 18.9 Å². The monoisotopic (exact) mass is 342 g/mol. The van der Waals surface area contributed by atoms with Crippen LogP contribution in [-0.2, 0) is 9.59 Å². The van der Waals surface area contributed by atoms with Gasteiger partial charge in [0.05, 0.1) is 15.7 Å². The van der Waals surface area contributed by atoms with Crippen LogP contribution in [0.3, 0.4) is 0 Å². The maximum absolute atomic E-state index is 12.5. The molecule has 0 heterocycles. The van der Waals surface area contributed by atoms with Gasteiger partial charge in [-0.2, -0.15) is 0 Å².